The number of nitrogens with one attached hydrogen (secondary N) is 1. The van der Waals surface area contributed by atoms with Gasteiger partial charge in [0.1, 0.15) is 11.7 Å². The van der Waals surface area contributed by atoms with Gasteiger partial charge in [0, 0.05) is 7.05 Å². The summed E-state index contributed by atoms with van der Waals surface area (Å²) < 4.78 is 1.30. The van der Waals surface area contributed by atoms with E-state index >= 15 is 0 Å². The topological polar surface area (TPSA) is 110 Å². The van der Waals surface area contributed by atoms with Gasteiger partial charge in [-0.2, -0.15) is 5.10 Å². The highest BCUT2D eigenvalue weighted by molar-refractivity contribution is 5.78. The molecule has 0 aromatic carbocycles. The number of aliphatic carboxylic acids is 1. The highest BCUT2D eigenvalue weighted by Gasteiger charge is 2.28. The second-order valence-corrected chi connectivity index (χ2v) is 4.83. The summed E-state index contributed by atoms with van der Waals surface area (Å²) in [6.45, 7) is 5.29. The molecular weight excluding hydrogens is 252 g/mol. The van der Waals surface area contributed by atoms with Crippen LogP contribution >= 0.6 is 0 Å². The standard InChI is InChI=1S/C11H18N4O4/c1-6(2)5-8(11(16)17)12-10-9(15(18)19)7(3)13-14(10)4/h6,8,12H,5H2,1-4H3,(H,16,17). The van der Waals surface area contributed by atoms with Gasteiger partial charge < -0.3 is 10.4 Å². The van der Waals surface area contributed by atoms with Crippen molar-refractivity contribution in [3.05, 3.63) is 15.8 Å². The minimum atomic E-state index is -1.04. The zero-order valence-corrected chi connectivity index (χ0v) is 11.4. The summed E-state index contributed by atoms with van der Waals surface area (Å²) >= 11 is 0. The number of hydrogen-bond donors (Lipinski definition) is 2. The summed E-state index contributed by atoms with van der Waals surface area (Å²) in [6, 6.07) is -0.881. The van der Waals surface area contributed by atoms with Crippen molar-refractivity contribution in [1.82, 2.24) is 9.78 Å². The van der Waals surface area contributed by atoms with Crippen LogP contribution < -0.4 is 5.32 Å². The van der Waals surface area contributed by atoms with Crippen LogP contribution in [0.15, 0.2) is 0 Å². The fraction of sp³-hybridized carbons (Fsp3) is 0.636. The molecule has 0 saturated heterocycles. The molecule has 8 nitrogen and oxygen atoms in total. The lowest BCUT2D eigenvalue weighted by Crippen LogP contribution is -2.31. The van der Waals surface area contributed by atoms with Gasteiger partial charge in [0.25, 0.3) is 0 Å². The van der Waals surface area contributed by atoms with Crippen LogP contribution in [0.2, 0.25) is 0 Å². The molecule has 2 N–H and O–H groups in total. The number of aryl methyl sites for hydroxylation is 2. The maximum absolute atomic E-state index is 11.2. The molecule has 1 unspecified atom stereocenters. The van der Waals surface area contributed by atoms with Crippen molar-refractivity contribution in [3.8, 4) is 0 Å². The lowest BCUT2D eigenvalue weighted by atomic mass is 10.0. The largest absolute Gasteiger partial charge is 0.480 e. The normalized spacial score (nSPS) is 12.5. The monoisotopic (exact) mass is 270 g/mol. The van der Waals surface area contributed by atoms with Gasteiger partial charge in [-0.3, -0.25) is 10.1 Å². The molecule has 106 valence electrons. The van der Waals surface area contributed by atoms with Crippen LogP contribution in [0.1, 0.15) is 26.0 Å². The molecule has 0 amide bonds. The average Bonchev–Trinajstić information content (AvgIpc) is 2.51. The third kappa shape index (κ3) is 3.43. The van der Waals surface area contributed by atoms with Crippen LogP contribution in [0.25, 0.3) is 0 Å². The van der Waals surface area contributed by atoms with E-state index in [1.54, 1.807) is 0 Å². The Labute approximate surface area is 110 Å². The molecule has 1 aromatic heterocycles. The van der Waals surface area contributed by atoms with E-state index in [4.69, 9.17) is 5.11 Å². The van der Waals surface area contributed by atoms with Crippen LogP contribution in [0, 0.1) is 23.0 Å². The first-order chi connectivity index (χ1) is 8.73. The molecule has 19 heavy (non-hydrogen) atoms. The first-order valence-electron chi connectivity index (χ1n) is 5.91. The van der Waals surface area contributed by atoms with Gasteiger partial charge in [-0.15, -0.1) is 0 Å². The molecule has 1 heterocycles. The molecule has 0 spiro atoms. The van der Waals surface area contributed by atoms with Gasteiger partial charge in [0.2, 0.25) is 5.82 Å². The fourth-order valence-corrected chi connectivity index (χ4v) is 1.89. The highest BCUT2D eigenvalue weighted by Crippen LogP contribution is 2.28. The Morgan fingerprint density at radius 2 is 2.16 bits per heavy atom. The molecule has 0 aliphatic rings. The lowest BCUT2D eigenvalue weighted by Gasteiger charge is -2.17. The molecule has 1 rings (SSSR count). The maximum Gasteiger partial charge on any atom is 0.333 e. The Hall–Kier alpha value is -2.12. The highest BCUT2D eigenvalue weighted by atomic mass is 16.6. The summed E-state index contributed by atoms with van der Waals surface area (Å²) in [4.78, 5) is 21.6. The molecule has 0 fully saturated rings. The number of carboxylic acid groups (broad SMARTS) is 1. The minimum absolute atomic E-state index is 0.121. The quantitative estimate of drug-likeness (QED) is 0.599. The fourth-order valence-electron chi connectivity index (χ4n) is 1.89. The van der Waals surface area contributed by atoms with E-state index in [1.165, 1.54) is 18.7 Å². The summed E-state index contributed by atoms with van der Waals surface area (Å²) in [7, 11) is 1.54. The number of hydrogen-bond acceptors (Lipinski definition) is 5. The first kappa shape index (κ1) is 14.9. The molecule has 0 aliphatic carbocycles. The predicted octanol–water partition coefficient (Wildman–Crippen LogP) is 1.55. The number of aromatic nitrogens is 2. The molecule has 0 saturated carbocycles. The molecule has 0 aliphatic heterocycles. The van der Waals surface area contributed by atoms with E-state index in [1.807, 2.05) is 13.8 Å². The number of carbonyl (C=O) groups is 1. The third-order valence-electron chi connectivity index (χ3n) is 2.69. The lowest BCUT2D eigenvalue weighted by molar-refractivity contribution is -0.384. The number of nitro groups is 1. The molecule has 0 radical (unpaired) electrons. The predicted molar refractivity (Wildman–Crippen MR) is 69.1 cm³/mol. The second-order valence-electron chi connectivity index (χ2n) is 4.83. The molecule has 1 aromatic rings. The Balaban J connectivity index is 3.09. The smallest absolute Gasteiger partial charge is 0.333 e. The van der Waals surface area contributed by atoms with Crippen molar-refractivity contribution >= 4 is 17.5 Å². The van der Waals surface area contributed by atoms with Crippen LogP contribution in [0.5, 0.6) is 0 Å². The third-order valence-corrected chi connectivity index (χ3v) is 2.69. The summed E-state index contributed by atoms with van der Waals surface area (Å²) in [5, 5.41) is 26.8. The van der Waals surface area contributed by atoms with Gasteiger partial charge in [0.05, 0.1) is 4.92 Å². The van der Waals surface area contributed by atoms with Crippen LogP contribution in [0.3, 0.4) is 0 Å². The second kappa shape index (κ2) is 5.68. The van der Waals surface area contributed by atoms with Crippen molar-refractivity contribution in [2.75, 3.05) is 5.32 Å². The van der Waals surface area contributed by atoms with Crippen molar-refractivity contribution in [1.29, 1.82) is 0 Å². The summed E-state index contributed by atoms with van der Waals surface area (Å²) in [6.07, 6.45) is 0.372. The molecular formula is C11H18N4O4. The Morgan fingerprint density at radius 3 is 2.58 bits per heavy atom. The minimum Gasteiger partial charge on any atom is -0.480 e. The van der Waals surface area contributed by atoms with Crippen molar-refractivity contribution < 1.29 is 14.8 Å². The van der Waals surface area contributed by atoms with E-state index in [0.717, 1.165) is 0 Å². The van der Waals surface area contributed by atoms with E-state index in [9.17, 15) is 14.9 Å². The summed E-state index contributed by atoms with van der Waals surface area (Å²) in [5.74, 6) is -0.764. The van der Waals surface area contributed by atoms with E-state index in [0.29, 0.717) is 6.42 Å². The molecule has 1 atom stereocenters. The Morgan fingerprint density at radius 1 is 1.58 bits per heavy atom. The number of nitrogens with zero attached hydrogens (tertiary/aromatic N) is 3. The molecule has 0 bridgehead atoms. The maximum atomic E-state index is 11.2. The van der Waals surface area contributed by atoms with E-state index in [-0.39, 0.29) is 23.1 Å². The van der Waals surface area contributed by atoms with Gasteiger partial charge in [-0.25, -0.2) is 9.48 Å². The van der Waals surface area contributed by atoms with Gasteiger partial charge in [0.15, 0.2) is 0 Å². The van der Waals surface area contributed by atoms with Gasteiger partial charge in [-0.1, -0.05) is 13.8 Å². The number of anilines is 1. The van der Waals surface area contributed by atoms with Gasteiger partial charge in [-0.05, 0) is 19.3 Å². The zero-order valence-electron chi connectivity index (χ0n) is 11.4. The average molecular weight is 270 g/mol. The van der Waals surface area contributed by atoms with Crippen LogP contribution in [-0.4, -0.2) is 31.8 Å². The Kier molecular flexibility index (Phi) is 4.47. The number of rotatable bonds is 6. The van der Waals surface area contributed by atoms with E-state index in [2.05, 4.69) is 10.4 Å². The van der Waals surface area contributed by atoms with Crippen LogP contribution in [0.4, 0.5) is 11.5 Å². The first-order valence-corrected chi connectivity index (χ1v) is 5.91. The van der Waals surface area contributed by atoms with E-state index < -0.39 is 16.9 Å². The van der Waals surface area contributed by atoms with Crippen molar-refractivity contribution in [3.63, 3.8) is 0 Å². The summed E-state index contributed by atoms with van der Waals surface area (Å²) in [5.41, 5.74) is 0.0705. The van der Waals surface area contributed by atoms with Crippen molar-refractivity contribution in [2.45, 2.75) is 33.2 Å². The SMILES string of the molecule is Cc1nn(C)c(NC(CC(C)C)C(=O)O)c1[N+](=O)[O-]. The number of carboxylic acids is 1. The zero-order chi connectivity index (χ0) is 14.7. The van der Waals surface area contributed by atoms with Crippen LogP contribution in [-0.2, 0) is 11.8 Å². The van der Waals surface area contributed by atoms with Gasteiger partial charge >= 0.3 is 11.7 Å². The van der Waals surface area contributed by atoms with Crippen molar-refractivity contribution in [2.24, 2.45) is 13.0 Å². The Bertz CT molecular complexity index is 495. The molecule has 8 heteroatoms.